The van der Waals surface area contributed by atoms with E-state index in [1.807, 2.05) is 31.2 Å². The van der Waals surface area contributed by atoms with Crippen molar-refractivity contribution in [2.45, 2.75) is 32.3 Å². The molecule has 2 aromatic rings. The minimum atomic E-state index is -3.33. The summed E-state index contributed by atoms with van der Waals surface area (Å²) in [5.41, 5.74) is 1.63. The first-order valence-corrected chi connectivity index (χ1v) is 11.7. The Morgan fingerprint density at radius 1 is 1.13 bits per heavy atom. The second kappa shape index (κ2) is 10.9. The molecule has 2 aromatic carbocycles. The van der Waals surface area contributed by atoms with Crippen molar-refractivity contribution < 1.29 is 22.7 Å². The molecule has 0 aliphatic rings. The normalized spacial score (nSPS) is 12.1. The minimum absolute atomic E-state index is 0.171. The van der Waals surface area contributed by atoms with Crippen LogP contribution < -0.4 is 19.1 Å². The lowest BCUT2D eigenvalue weighted by atomic mass is 10.1. The molecule has 0 bridgehead atoms. The van der Waals surface area contributed by atoms with Crippen molar-refractivity contribution in [3.63, 3.8) is 0 Å². The van der Waals surface area contributed by atoms with Crippen LogP contribution in [0.3, 0.4) is 0 Å². The summed E-state index contributed by atoms with van der Waals surface area (Å²) in [6.07, 6.45) is 2.63. The molecule has 0 unspecified atom stereocenters. The molecule has 0 aliphatic carbocycles. The number of para-hydroxylation sites is 1. The van der Waals surface area contributed by atoms with Gasteiger partial charge in [0.1, 0.15) is 11.5 Å². The van der Waals surface area contributed by atoms with Crippen LogP contribution in [0.2, 0.25) is 0 Å². The summed E-state index contributed by atoms with van der Waals surface area (Å²) in [6.45, 7) is 2.42. The van der Waals surface area contributed by atoms with Gasteiger partial charge in [0.05, 0.1) is 19.1 Å². The maximum absolute atomic E-state index is 12.5. The van der Waals surface area contributed by atoms with Gasteiger partial charge in [0.25, 0.3) is 5.91 Å². The molecule has 1 amide bonds. The van der Waals surface area contributed by atoms with E-state index in [0.717, 1.165) is 30.4 Å². The topological polar surface area (TPSA) is 84.9 Å². The van der Waals surface area contributed by atoms with E-state index in [1.54, 1.807) is 31.4 Å². The van der Waals surface area contributed by atoms with Crippen LogP contribution in [0.15, 0.2) is 48.5 Å². The van der Waals surface area contributed by atoms with Gasteiger partial charge in [0.2, 0.25) is 10.0 Å². The number of aryl methyl sites for hydroxylation is 1. The zero-order valence-corrected chi connectivity index (χ0v) is 18.7. The number of ether oxygens (including phenoxy) is 2. The van der Waals surface area contributed by atoms with Crippen LogP contribution in [0.4, 0.5) is 5.69 Å². The highest BCUT2D eigenvalue weighted by molar-refractivity contribution is 7.92. The Hall–Kier alpha value is -2.74. The average molecular weight is 435 g/mol. The fraction of sp³-hybridized carbons (Fsp3) is 0.409. The molecule has 0 aromatic heterocycles. The molecule has 0 saturated carbocycles. The monoisotopic (exact) mass is 434 g/mol. The van der Waals surface area contributed by atoms with Crippen molar-refractivity contribution in [2.24, 2.45) is 0 Å². The lowest BCUT2D eigenvalue weighted by Crippen LogP contribution is -2.38. The molecule has 0 heterocycles. The fourth-order valence-corrected chi connectivity index (χ4v) is 3.43. The van der Waals surface area contributed by atoms with E-state index in [-0.39, 0.29) is 5.91 Å². The van der Waals surface area contributed by atoms with Crippen LogP contribution in [0.25, 0.3) is 0 Å². The molecule has 0 aliphatic heterocycles. The van der Waals surface area contributed by atoms with E-state index >= 15 is 0 Å². The first kappa shape index (κ1) is 23.5. The highest BCUT2D eigenvalue weighted by atomic mass is 32.2. The Bertz CT molecular complexity index is 929. The molecule has 8 heteroatoms. The standard InChI is InChI=1S/C22H30N2O5S/c1-5-20(29-19-14-12-18(13-15-19)24(2)30(4,26)27)22(25)23-16-8-10-17-9-6-7-11-21(17)28-3/h6-7,9,11-15,20H,5,8,10,16H2,1-4H3,(H,23,25)/t20-/m0/s1. The molecular formula is C22H30N2O5S. The van der Waals surface area contributed by atoms with E-state index < -0.39 is 16.1 Å². The summed E-state index contributed by atoms with van der Waals surface area (Å²) < 4.78 is 35.6. The zero-order valence-electron chi connectivity index (χ0n) is 17.9. The molecule has 0 fully saturated rings. The molecule has 1 N–H and O–H groups in total. The molecule has 30 heavy (non-hydrogen) atoms. The van der Waals surface area contributed by atoms with Crippen molar-refractivity contribution in [3.8, 4) is 11.5 Å². The number of sulfonamides is 1. The van der Waals surface area contributed by atoms with Gasteiger partial charge < -0.3 is 14.8 Å². The zero-order chi connectivity index (χ0) is 22.1. The second-order valence-corrected chi connectivity index (χ2v) is 8.96. The predicted molar refractivity (Wildman–Crippen MR) is 119 cm³/mol. The number of anilines is 1. The van der Waals surface area contributed by atoms with Crippen LogP contribution in [0.1, 0.15) is 25.3 Å². The summed E-state index contributed by atoms with van der Waals surface area (Å²) >= 11 is 0. The fourth-order valence-electron chi connectivity index (χ4n) is 2.93. The smallest absolute Gasteiger partial charge is 0.261 e. The number of carbonyl (C=O) groups excluding carboxylic acids is 1. The van der Waals surface area contributed by atoms with Gasteiger partial charge in [-0.15, -0.1) is 0 Å². The third kappa shape index (κ3) is 6.66. The van der Waals surface area contributed by atoms with Gasteiger partial charge in [-0.05, 0) is 55.2 Å². The van der Waals surface area contributed by atoms with Crippen molar-refractivity contribution in [2.75, 3.05) is 31.3 Å². The summed E-state index contributed by atoms with van der Waals surface area (Å²) in [4.78, 5) is 12.5. The maximum atomic E-state index is 12.5. The Morgan fingerprint density at radius 2 is 1.80 bits per heavy atom. The van der Waals surface area contributed by atoms with E-state index in [4.69, 9.17) is 9.47 Å². The van der Waals surface area contributed by atoms with E-state index in [9.17, 15) is 13.2 Å². The Kier molecular flexibility index (Phi) is 8.53. The Labute approximate surface area is 179 Å². The van der Waals surface area contributed by atoms with Gasteiger partial charge in [-0.2, -0.15) is 0 Å². The van der Waals surface area contributed by atoms with Crippen LogP contribution in [0, 0.1) is 0 Å². The van der Waals surface area contributed by atoms with E-state index in [0.29, 0.717) is 24.4 Å². The lowest BCUT2D eigenvalue weighted by Gasteiger charge is -2.19. The summed E-state index contributed by atoms with van der Waals surface area (Å²) in [7, 11) is -0.194. The number of carbonyl (C=O) groups is 1. The summed E-state index contributed by atoms with van der Waals surface area (Å²) in [5, 5.41) is 2.92. The van der Waals surface area contributed by atoms with E-state index in [2.05, 4.69) is 5.32 Å². The number of nitrogens with one attached hydrogen (secondary N) is 1. The van der Waals surface area contributed by atoms with Gasteiger partial charge in [-0.1, -0.05) is 25.1 Å². The molecule has 2 rings (SSSR count). The average Bonchev–Trinajstić information content (AvgIpc) is 2.74. The van der Waals surface area contributed by atoms with Crippen molar-refractivity contribution in [3.05, 3.63) is 54.1 Å². The molecule has 0 radical (unpaired) electrons. The van der Waals surface area contributed by atoms with Crippen LogP contribution in [-0.4, -0.2) is 47.4 Å². The van der Waals surface area contributed by atoms with Crippen molar-refractivity contribution >= 4 is 21.6 Å². The third-order valence-electron chi connectivity index (χ3n) is 4.75. The number of methoxy groups -OCH3 is 1. The minimum Gasteiger partial charge on any atom is -0.496 e. The summed E-state index contributed by atoms with van der Waals surface area (Å²) in [5.74, 6) is 1.19. The third-order valence-corrected chi connectivity index (χ3v) is 5.96. The number of nitrogens with zero attached hydrogens (tertiary/aromatic N) is 1. The Morgan fingerprint density at radius 3 is 2.40 bits per heavy atom. The first-order chi connectivity index (χ1) is 14.3. The number of rotatable bonds is 11. The van der Waals surface area contributed by atoms with Crippen molar-refractivity contribution in [1.82, 2.24) is 5.32 Å². The van der Waals surface area contributed by atoms with Crippen molar-refractivity contribution in [1.29, 1.82) is 0 Å². The van der Waals surface area contributed by atoms with E-state index in [1.165, 1.54) is 11.4 Å². The molecule has 164 valence electrons. The largest absolute Gasteiger partial charge is 0.496 e. The van der Waals surface area contributed by atoms with Crippen LogP contribution in [0.5, 0.6) is 11.5 Å². The molecule has 0 spiro atoms. The summed E-state index contributed by atoms with van der Waals surface area (Å²) in [6, 6.07) is 14.5. The molecule has 0 saturated heterocycles. The Balaban J connectivity index is 1.86. The number of hydrogen-bond acceptors (Lipinski definition) is 5. The quantitative estimate of drug-likeness (QED) is 0.550. The highest BCUT2D eigenvalue weighted by Gasteiger charge is 2.18. The second-order valence-electron chi connectivity index (χ2n) is 6.95. The molecule has 1 atom stereocenters. The van der Waals surface area contributed by atoms with Gasteiger partial charge in [-0.3, -0.25) is 9.10 Å². The van der Waals surface area contributed by atoms with Gasteiger partial charge in [0, 0.05) is 13.6 Å². The molecular weight excluding hydrogens is 404 g/mol. The van der Waals surface area contributed by atoms with Crippen LogP contribution in [-0.2, 0) is 21.2 Å². The molecule has 7 nitrogen and oxygen atoms in total. The SMILES string of the molecule is CC[C@H](Oc1ccc(N(C)S(C)(=O)=O)cc1)C(=O)NCCCc1ccccc1OC. The number of hydrogen-bond donors (Lipinski definition) is 1. The first-order valence-electron chi connectivity index (χ1n) is 9.86. The van der Waals surface area contributed by atoms with Gasteiger partial charge >= 0.3 is 0 Å². The predicted octanol–water partition coefficient (Wildman–Crippen LogP) is 3.00. The number of benzene rings is 2. The van der Waals surface area contributed by atoms with Crippen LogP contribution >= 0.6 is 0 Å². The van der Waals surface area contributed by atoms with Gasteiger partial charge in [-0.25, -0.2) is 8.42 Å². The van der Waals surface area contributed by atoms with Gasteiger partial charge in [0.15, 0.2) is 6.10 Å². The lowest BCUT2D eigenvalue weighted by molar-refractivity contribution is -0.128. The number of amides is 1. The highest BCUT2D eigenvalue weighted by Crippen LogP contribution is 2.22. The maximum Gasteiger partial charge on any atom is 0.261 e.